The van der Waals surface area contributed by atoms with E-state index in [1.54, 1.807) is 0 Å². The van der Waals surface area contributed by atoms with Crippen molar-refractivity contribution in [3.05, 3.63) is 22.9 Å². The van der Waals surface area contributed by atoms with Crippen molar-refractivity contribution in [3.8, 4) is 0 Å². The van der Waals surface area contributed by atoms with E-state index in [0.717, 1.165) is 43.7 Å². The summed E-state index contributed by atoms with van der Waals surface area (Å²) in [6.45, 7) is 2.88. The van der Waals surface area contributed by atoms with E-state index in [0.29, 0.717) is 6.04 Å². The zero-order valence-corrected chi connectivity index (χ0v) is 12.1. The summed E-state index contributed by atoms with van der Waals surface area (Å²) in [7, 11) is 2.03. The van der Waals surface area contributed by atoms with Gasteiger partial charge in [-0.3, -0.25) is 5.41 Å². The van der Waals surface area contributed by atoms with E-state index in [2.05, 4.69) is 17.9 Å². The average Bonchev–Trinajstić information content (AvgIpc) is 3.04. The van der Waals surface area contributed by atoms with Gasteiger partial charge in [0, 0.05) is 19.3 Å². The first-order chi connectivity index (χ1) is 9.58. The number of hydrogen-bond acceptors (Lipinski definition) is 4. The lowest BCUT2D eigenvalue weighted by molar-refractivity contribution is 0.118. The number of anilines is 1. The number of nitrogens with two attached hydrogens (primary N) is 1. The highest BCUT2D eigenvalue weighted by molar-refractivity contribution is 6.00. The largest absolute Gasteiger partial charge is 0.384 e. The zero-order valence-electron chi connectivity index (χ0n) is 12.1. The maximum Gasteiger partial charge on any atom is 0.139 e. The molecule has 2 unspecified atom stereocenters. The van der Waals surface area contributed by atoms with Crippen molar-refractivity contribution in [2.45, 2.75) is 44.8 Å². The molecule has 1 aromatic rings. The van der Waals surface area contributed by atoms with Crippen LogP contribution in [-0.2, 0) is 17.6 Å². The number of likely N-dealkylation sites (N-methyl/N-ethyl adjacent to an activating group) is 1. The molecule has 0 bridgehead atoms. The van der Waals surface area contributed by atoms with Crippen LogP contribution in [0.5, 0.6) is 0 Å². The third kappa shape index (κ3) is 2.16. The molecule has 0 aromatic carbocycles. The molecule has 0 saturated carbocycles. The minimum atomic E-state index is 0.0978. The van der Waals surface area contributed by atoms with Crippen molar-refractivity contribution in [1.82, 2.24) is 4.98 Å². The zero-order chi connectivity index (χ0) is 14.3. The molecule has 0 amide bonds. The highest BCUT2D eigenvalue weighted by Crippen LogP contribution is 2.30. The second-order valence-corrected chi connectivity index (χ2v) is 5.78. The van der Waals surface area contributed by atoms with Crippen LogP contribution in [0.4, 0.5) is 5.82 Å². The first-order valence-corrected chi connectivity index (χ1v) is 7.29. The number of ether oxygens (including phenoxy) is 1. The molecule has 5 nitrogen and oxygen atoms in total. The Morgan fingerprint density at radius 3 is 2.95 bits per heavy atom. The monoisotopic (exact) mass is 274 g/mol. The van der Waals surface area contributed by atoms with Gasteiger partial charge in [-0.1, -0.05) is 0 Å². The number of pyridine rings is 1. The molecule has 0 radical (unpaired) electrons. The number of amidine groups is 1. The Bertz CT molecular complexity index is 543. The van der Waals surface area contributed by atoms with Crippen LogP contribution in [0.25, 0.3) is 0 Å². The number of aromatic nitrogens is 1. The third-order valence-corrected chi connectivity index (χ3v) is 4.49. The number of nitrogens with one attached hydrogen (secondary N) is 1. The summed E-state index contributed by atoms with van der Waals surface area (Å²) in [5.41, 5.74) is 8.94. The lowest BCUT2D eigenvalue weighted by atomic mass is 10.1. The molecule has 1 aromatic heterocycles. The van der Waals surface area contributed by atoms with Crippen LogP contribution in [0.1, 0.15) is 36.6 Å². The fourth-order valence-electron chi connectivity index (χ4n) is 3.31. The van der Waals surface area contributed by atoms with Crippen LogP contribution in [0.3, 0.4) is 0 Å². The lowest BCUT2D eigenvalue weighted by Gasteiger charge is -2.29. The van der Waals surface area contributed by atoms with E-state index in [4.69, 9.17) is 20.9 Å². The van der Waals surface area contributed by atoms with Crippen molar-refractivity contribution in [3.63, 3.8) is 0 Å². The van der Waals surface area contributed by atoms with Gasteiger partial charge < -0.3 is 15.4 Å². The summed E-state index contributed by atoms with van der Waals surface area (Å²) in [6, 6.07) is 2.37. The maximum atomic E-state index is 7.83. The smallest absolute Gasteiger partial charge is 0.139 e. The topological polar surface area (TPSA) is 75.2 Å². The van der Waals surface area contributed by atoms with Crippen LogP contribution < -0.4 is 10.6 Å². The molecule has 2 heterocycles. The van der Waals surface area contributed by atoms with Crippen LogP contribution in [-0.4, -0.2) is 36.6 Å². The fraction of sp³-hybridized carbons (Fsp3) is 0.600. The highest BCUT2D eigenvalue weighted by atomic mass is 16.5. The minimum Gasteiger partial charge on any atom is -0.384 e. The maximum absolute atomic E-state index is 7.83. The molecule has 1 saturated heterocycles. The number of nitrogens with zero attached hydrogens (tertiary/aromatic N) is 2. The Labute approximate surface area is 119 Å². The quantitative estimate of drug-likeness (QED) is 0.646. The molecule has 1 aliphatic carbocycles. The van der Waals surface area contributed by atoms with Crippen LogP contribution in [0.2, 0.25) is 0 Å². The van der Waals surface area contributed by atoms with Crippen LogP contribution in [0.15, 0.2) is 6.07 Å². The molecule has 1 fully saturated rings. The summed E-state index contributed by atoms with van der Waals surface area (Å²) in [4.78, 5) is 6.95. The van der Waals surface area contributed by atoms with Gasteiger partial charge in [-0.05, 0) is 44.2 Å². The molecule has 2 aliphatic rings. The van der Waals surface area contributed by atoms with Gasteiger partial charge >= 0.3 is 0 Å². The Balaban J connectivity index is 2.01. The predicted octanol–water partition coefficient (Wildman–Crippen LogP) is 1.47. The molecule has 2 atom stereocenters. The van der Waals surface area contributed by atoms with Crippen molar-refractivity contribution < 1.29 is 4.74 Å². The minimum absolute atomic E-state index is 0.0978. The third-order valence-electron chi connectivity index (χ3n) is 4.49. The van der Waals surface area contributed by atoms with Gasteiger partial charge in [-0.15, -0.1) is 0 Å². The number of rotatable bonds is 3. The van der Waals surface area contributed by atoms with Gasteiger partial charge in [0.1, 0.15) is 11.7 Å². The summed E-state index contributed by atoms with van der Waals surface area (Å²) in [5.74, 6) is 0.932. The van der Waals surface area contributed by atoms with Gasteiger partial charge in [0.2, 0.25) is 0 Å². The molecule has 108 valence electrons. The Kier molecular flexibility index (Phi) is 3.38. The first kappa shape index (κ1) is 13.4. The molecular weight excluding hydrogens is 252 g/mol. The number of fused-ring (bicyclic) bond motifs is 1. The van der Waals surface area contributed by atoms with E-state index < -0.39 is 0 Å². The average molecular weight is 274 g/mol. The molecule has 5 heteroatoms. The number of aryl methyl sites for hydroxylation is 2. The van der Waals surface area contributed by atoms with Crippen molar-refractivity contribution in [1.29, 1.82) is 5.41 Å². The summed E-state index contributed by atoms with van der Waals surface area (Å²) in [6.07, 6.45) is 4.42. The molecule has 3 rings (SSSR count). The van der Waals surface area contributed by atoms with E-state index in [1.807, 2.05) is 7.05 Å². The summed E-state index contributed by atoms with van der Waals surface area (Å²) >= 11 is 0. The van der Waals surface area contributed by atoms with E-state index in [9.17, 15) is 0 Å². The van der Waals surface area contributed by atoms with Gasteiger partial charge in [0.05, 0.1) is 17.7 Å². The van der Waals surface area contributed by atoms with E-state index in [-0.39, 0.29) is 11.9 Å². The first-order valence-electron chi connectivity index (χ1n) is 7.29. The normalized spacial score (nSPS) is 24.7. The molecule has 1 aliphatic heterocycles. The Morgan fingerprint density at radius 1 is 1.50 bits per heavy atom. The number of hydrogen-bond donors (Lipinski definition) is 2. The predicted molar refractivity (Wildman–Crippen MR) is 79.5 cm³/mol. The SMILES string of the molecule is CC1OCCC1N(C)c1nc2c(cc1C(=N)N)CCC2. The van der Waals surface area contributed by atoms with Crippen molar-refractivity contribution in [2.24, 2.45) is 5.73 Å². The molecular formula is C15H22N4O. The summed E-state index contributed by atoms with van der Waals surface area (Å²) < 4.78 is 5.65. The lowest BCUT2D eigenvalue weighted by Crippen LogP contribution is -2.38. The second kappa shape index (κ2) is 5.05. The number of nitrogen functional groups attached to an aromatic ring is 1. The van der Waals surface area contributed by atoms with Gasteiger partial charge in [-0.25, -0.2) is 4.98 Å². The van der Waals surface area contributed by atoms with Crippen LogP contribution in [0, 0.1) is 5.41 Å². The van der Waals surface area contributed by atoms with E-state index >= 15 is 0 Å². The molecule has 20 heavy (non-hydrogen) atoms. The van der Waals surface area contributed by atoms with Crippen LogP contribution >= 0.6 is 0 Å². The van der Waals surface area contributed by atoms with Gasteiger partial charge in [-0.2, -0.15) is 0 Å². The standard InChI is InChI=1S/C15H22N4O/c1-9-13(6-7-20-9)19(2)15-11(14(16)17)8-10-4-3-5-12(10)18-15/h8-9,13H,3-7H2,1-2H3,(H3,16,17). The molecule has 3 N–H and O–H groups in total. The Hall–Kier alpha value is -1.62. The van der Waals surface area contributed by atoms with Crippen molar-refractivity contribution in [2.75, 3.05) is 18.6 Å². The van der Waals surface area contributed by atoms with Gasteiger partial charge in [0.25, 0.3) is 0 Å². The highest BCUT2D eigenvalue weighted by Gasteiger charge is 2.31. The fourth-order valence-corrected chi connectivity index (χ4v) is 3.31. The van der Waals surface area contributed by atoms with E-state index in [1.165, 1.54) is 11.3 Å². The Morgan fingerprint density at radius 2 is 2.30 bits per heavy atom. The van der Waals surface area contributed by atoms with Gasteiger partial charge in [0.15, 0.2) is 0 Å². The summed E-state index contributed by atoms with van der Waals surface area (Å²) in [5, 5.41) is 7.83. The second-order valence-electron chi connectivity index (χ2n) is 5.78. The van der Waals surface area contributed by atoms with Crippen molar-refractivity contribution >= 4 is 11.7 Å². The molecule has 0 spiro atoms.